The van der Waals surface area contributed by atoms with Crippen molar-refractivity contribution in [3.8, 4) is 11.8 Å². The molecule has 0 saturated heterocycles. The van der Waals surface area contributed by atoms with Crippen molar-refractivity contribution >= 4 is 51.4 Å². The zero-order valence-electron chi connectivity index (χ0n) is 20.3. The number of methoxy groups -OCH3 is 1. The summed E-state index contributed by atoms with van der Waals surface area (Å²) in [6, 6.07) is 16.3. The number of nitrogens with zero attached hydrogens (tertiary/aromatic N) is 4. The van der Waals surface area contributed by atoms with Gasteiger partial charge in [-0.15, -0.1) is 10.2 Å². The third kappa shape index (κ3) is 4.92. The number of rotatable bonds is 7. The minimum atomic E-state index is -0.590. The summed E-state index contributed by atoms with van der Waals surface area (Å²) in [5, 5.41) is 19.7. The van der Waals surface area contributed by atoms with Crippen molar-refractivity contribution in [3.63, 3.8) is 0 Å². The van der Waals surface area contributed by atoms with Gasteiger partial charge < -0.3 is 10.5 Å². The molecule has 192 valence electrons. The maximum absolute atomic E-state index is 13.3. The highest BCUT2D eigenvalue weighted by atomic mass is 35.5. The second-order valence-corrected chi connectivity index (χ2v) is 11.3. The minimum absolute atomic E-state index is 0.0167. The summed E-state index contributed by atoms with van der Waals surface area (Å²) in [4.78, 5) is 27.5. The van der Waals surface area contributed by atoms with E-state index in [1.165, 1.54) is 23.1 Å². The van der Waals surface area contributed by atoms with E-state index in [9.17, 15) is 14.9 Å². The Hall–Kier alpha value is -3.65. The normalized spacial score (nSPS) is 17.3. The van der Waals surface area contributed by atoms with Gasteiger partial charge in [0.25, 0.3) is 0 Å². The molecule has 5 rings (SSSR count). The monoisotopic (exact) mass is 563 g/mol. The van der Waals surface area contributed by atoms with Gasteiger partial charge in [-0.3, -0.25) is 14.5 Å². The summed E-state index contributed by atoms with van der Waals surface area (Å²) in [5.41, 5.74) is 9.49. The summed E-state index contributed by atoms with van der Waals surface area (Å²) < 4.78 is 5.96. The lowest BCUT2D eigenvalue weighted by Gasteiger charge is -2.38. The summed E-state index contributed by atoms with van der Waals surface area (Å²) in [5.74, 6) is 0.361. The van der Waals surface area contributed by atoms with Crippen LogP contribution in [0.25, 0.3) is 0 Å². The van der Waals surface area contributed by atoms with Crippen molar-refractivity contribution in [1.29, 1.82) is 5.26 Å². The molecule has 1 atom stereocenters. The number of nitriles is 1. The molecule has 2 aliphatic rings. The van der Waals surface area contributed by atoms with Crippen molar-refractivity contribution < 1.29 is 14.3 Å². The number of benzene rings is 2. The molecule has 0 saturated carbocycles. The van der Waals surface area contributed by atoms with Crippen LogP contribution in [-0.4, -0.2) is 34.6 Å². The van der Waals surface area contributed by atoms with E-state index in [0.29, 0.717) is 50.6 Å². The fourth-order valence-electron chi connectivity index (χ4n) is 4.66. The van der Waals surface area contributed by atoms with Gasteiger partial charge in [0, 0.05) is 28.3 Å². The quantitative estimate of drug-likeness (QED) is 0.294. The number of ether oxygens (including phenoxy) is 1. The molecule has 1 unspecified atom stereocenters. The predicted octanol–water partition coefficient (Wildman–Crippen LogP) is 5.48. The maximum atomic E-state index is 13.3. The number of ketones is 2. The van der Waals surface area contributed by atoms with E-state index in [4.69, 9.17) is 22.1 Å². The van der Waals surface area contributed by atoms with E-state index in [-0.39, 0.29) is 28.7 Å². The van der Waals surface area contributed by atoms with Crippen molar-refractivity contribution in [1.82, 2.24) is 10.2 Å². The minimum Gasteiger partial charge on any atom is -0.497 e. The average molecular weight is 564 g/mol. The molecule has 1 aromatic heterocycles. The Morgan fingerprint density at radius 3 is 2.79 bits per heavy atom. The number of hydrogen-bond acceptors (Lipinski definition) is 10. The van der Waals surface area contributed by atoms with Crippen LogP contribution in [0.4, 0.5) is 5.13 Å². The molecule has 11 heteroatoms. The van der Waals surface area contributed by atoms with Gasteiger partial charge in [-0.1, -0.05) is 46.8 Å². The van der Waals surface area contributed by atoms with Crippen LogP contribution in [0.1, 0.15) is 41.1 Å². The lowest BCUT2D eigenvalue weighted by molar-refractivity contribution is -0.116. The van der Waals surface area contributed by atoms with E-state index in [0.717, 1.165) is 11.3 Å². The van der Waals surface area contributed by atoms with Gasteiger partial charge in [0.1, 0.15) is 11.6 Å². The van der Waals surface area contributed by atoms with Crippen molar-refractivity contribution in [2.45, 2.75) is 29.5 Å². The largest absolute Gasteiger partial charge is 0.497 e. The van der Waals surface area contributed by atoms with Crippen LogP contribution < -0.4 is 15.4 Å². The number of hydrogen-bond donors (Lipinski definition) is 1. The average Bonchev–Trinajstić information content (AvgIpc) is 3.40. The Labute approximate surface area is 232 Å². The third-order valence-corrected chi connectivity index (χ3v) is 8.71. The molecular formula is C27H22ClN5O3S2. The number of thioether (sulfide) groups is 1. The van der Waals surface area contributed by atoms with Crippen LogP contribution in [-0.2, 0) is 4.79 Å². The summed E-state index contributed by atoms with van der Waals surface area (Å²) >= 11 is 8.44. The first-order valence-corrected chi connectivity index (χ1v) is 13.9. The van der Waals surface area contributed by atoms with Crippen LogP contribution >= 0.6 is 34.7 Å². The smallest absolute Gasteiger partial charge is 0.219 e. The van der Waals surface area contributed by atoms with Crippen molar-refractivity contribution in [2.75, 3.05) is 17.8 Å². The number of allylic oxidation sites excluding steroid dienone is 3. The molecule has 1 aliphatic carbocycles. The van der Waals surface area contributed by atoms with E-state index in [1.807, 2.05) is 24.3 Å². The van der Waals surface area contributed by atoms with Gasteiger partial charge in [-0.2, -0.15) is 5.26 Å². The number of anilines is 1. The van der Waals surface area contributed by atoms with Gasteiger partial charge in [-0.05, 0) is 54.8 Å². The molecule has 1 aliphatic heterocycles. The van der Waals surface area contributed by atoms with Gasteiger partial charge >= 0.3 is 0 Å². The first kappa shape index (κ1) is 26.0. The van der Waals surface area contributed by atoms with Crippen LogP contribution in [0.15, 0.2) is 75.5 Å². The Kier molecular flexibility index (Phi) is 7.51. The molecule has 3 aromatic rings. The van der Waals surface area contributed by atoms with Crippen LogP contribution in [0, 0.1) is 11.3 Å². The van der Waals surface area contributed by atoms with Crippen LogP contribution in [0.2, 0.25) is 5.02 Å². The lowest BCUT2D eigenvalue weighted by Crippen LogP contribution is -2.38. The first-order chi connectivity index (χ1) is 18.4. The fraction of sp³-hybridized carbons (Fsp3) is 0.222. The molecular weight excluding hydrogens is 542 g/mol. The van der Waals surface area contributed by atoms with E-state index >= 15 is 0 Å². The molecule has 0 amide bonds. The van der Waals surface area contributed by atoms with Gasteiger partial charge in [0.15, 0.2) is 15.9 Å². The Balaban J connectivity index is 1.48. The highest BCUT2D eigenvalue weighted by Gasteiger charge is 2.41. The molecule has 0 radical (unpaired) electrons. The lowest BCUT2D eigenvalue weighted by atomic mass is 9.76. The predicted molar refractivity (Wildman–Crippen MR) is 147 cm³/mol. The number of halogens is 1. The standard InChI is InChI=1S/C27H22ClN5O3S2/c1-36-18-5-2-4-16(12-18)23-19(13-29)25(30)33(20-6-3-7-21(34)24(20)23)26-31-32-27(38-26)37-14-22(35)15-8-10-17(28)11-9-15/h2,4-5,8-12,23H,3,6-7,14,30H2,1H3. The van der Waals surface area contributed by atoms with E-state index in [1.54, 1.807) is 36.3 Å². The molecule has 38 heavy (non-hydrogen) atoms. The molecule has 2 heterocycles. The Bertz CT molecular complexity index is 1520. The molecule has 0 spiro atoms. The topological polar surface area (TPSA) is 122 Å². The fourth-order valence-corrected chi connectivity index (χ4v) is 6.56. The number of nitrogens with two attached hydrogens (primary N) is 1. The third-order valence-electron chi connectivity index (χ3n) is 6.42. The Morgan fingerprint density at radius 2 is 2.05 bits per heavy atom. The zero-order valence-corrected chi connectivity index (χ0v) is 22.7. The number of Topliss-reactive ketones (excluding diaryl/α,β-unsaturated/α-hetero) is 2. The van der Waals surface area contributed by atoms with Crippen molar-refractivity contribution in [2.24, 2.45) is 5.73 Å². The number of aromatic nitrogens is 2. The van der Waals surface area contributed by atoms with Crippen molar-refractivity contribution in [3.05, 3.63) is 87.3 Å². The highest BCUT2D eigenvalue weighted by Crippen LogP contribution is 2.47. The van der Waals surface area contributed by atoms with Gasteiger partial charge in [-0.25, -0.2) is 0 Å². The molecule has 2 N–H and O–H groups in total. The van der Waals surface area contributed by atoms with Crippen LogP contribution in [0.3, 0.4) is 0 Å². The number of carbonyl (C=O) groups is 2. The maximum Gasteiger partial charge on any atom is 0.219 e. The van der Waals surface area contributed by atoms with Gasteiger partial charge in [0.2, 0.25) is 5.13 Å². The SMILES string of the molecule is COc1cccc(C2C(C#N)=C(N)N(c3nnc(SCC(=O)c4ccc(Cl)cc4)s3)C3=C2C(=O)CCC3)c1. The second-order valence-electron chi connectivity index (χ2n) is 8.66. The highest BCUT2D eigenvalue weighted by molar-refractivity contribution is 8.01. The molecule has 8 nitrogen and oxygen atoms in total. The molecule has 0 bridgehead atoms. The zero-order chi connectivity index (χ0) is 26.8. The van der Waals surface area contributed by atoms with E-state index in [2.05, 4.69) is 16.3 Å². The Morgan fingerprint density at radius 1 is 1.26 bits per heavy atom. The summed E-state index contributed by atoms with van der Waals surface area (Å²) in [6.07, 6.45) is 1.68. The number of carbonyl (C=O) groups excluding carboxylic acids is 2. The summed E-state index contributed by atoms with van der Waals surface area (Å²) in [7, 11) is 1.57. The van der Waals surface area contributed by atoms with Crippen LogP contribution in [0.5, 0.6) is 5.75 Å². The summed E-state index contributed by atoms with van der Waals surface area (Å²) in [6.45, 7) is 0. The van der Waals surface area contributed by atoms with Gasteiger partial charge in [0.05, 0.1) is 30.4 Å². The van der Waals surface area contributed by atoms with E-state index < -0.39 is 5.92 Å². The first-order valence-electron chi connectivity index (χ1n) is 11.8. The molecule has 2 aromatic carbocycles. The molecule has 0 fully saturated rings. The second kappa shape index (κ2) is 11.0.